The zero-order chi connectivity index (χ0) is 20.1. The summed E-state index contributed by atoms with van der Waals surface area (Å²) < 4.78 is 44.5. The molecule has 0 aliphatic heterocycles. The van der Waals surface area contributed by atoms with Crippen LogP contribution in [0.4, 0.5) is 13.2 Å². The predicted octanol–water partition coefficient (Wildman–Crippen LogP) is 8.09. The number of allylic oxidation sites excluding steroid dienone is 4. The summed E-state index contributed by atoms with van der Waals surface area (Å²) in [6, 6.07) is 8.40. The van der Waals surface area contributed by atoms with Gasteiger partial charge in [0.2, 0.25) is 0 Å². The summed E-state index contributed by atoms with van der Waals surface area (Å²) in [5.41, 5.74) is 0.791. The normalized spacial score (nSPS) is 21.1. The first-order valence-electron chi connectivity index (χ1n) is 10.1. The van der Waals surface area contributed by atoms with E-state index in [1.54, 1.807) is 12.1 Å². The van der Waals surface area contributed by atoms with E-state index in [1.165, 1.54) is 6.07 Å². The van der Waals surface area contributed by atoms with Crippen molar-refractivity contribution in [1.82, 2.24) is 0 Å². The molecule has 148 valence electrons. The van der Waals surface area contributed by atoms with Gasteiger partial charge in [-0.15, -0.1) is 6.58 Å². The molecular formula is C25H27F3. The van der Waals surface area contributed by atoms with Gasteiger partial charge in [-0.05, 0) is 68.4 Å². The van der Waals surface area contributed by atoms with Crippen molar-refractivity contribution in [3.05, 3.63) is 77.9 Å². The van der Waals surface area contributed by atoms with E-state index in [0.717, 1.165) is 31.2 Å². The van der Waals surface area contributed by atoms with Gasteiger partial charge in [0.15, 0.2) is 5.83 Å². The first kappa shape index (κ1) is 20.4. The van der Waals surface area contributed by atoms with E-state index < -0.39 is 23.4 Å². The van der Waals surface area contributed by atoms with Crippen molar-refractivity contribution in [1.29, 1.82) is 0 Å². The van der Waals surface area contributed by atoms with Gasteiger partial charge in [-0.1, -0.05) is 42.5 Å². The topological polar surface area (TPSA) is 0 Å². The van der Waals surface area contributed by atoms with Gasteiger partial charge in [0.05, 0.1) is 0 Å². The highest BCUT2D eigenvalue weighted by Crippen LogP contribution is 2.39. The summed E-state index contributed by atoms with van der Waals surface area (Å²) in [4.78, 5) is 0. The molecule has 0 unspecified atom stereocenters. The molecule has 1 aliphatic rings. The molecule has 0 amide bonds. The summed E-state index contributed by atoms with van der Waals surface area (Å²) in [7, 11) is 0. The third-order valence-electron chi connectivity index (χ3n) is 5.70. The Morgan fingerprint density at radius 3 is 2.54 bits per heavy atom. The Bertz CT molecular complexity index is 899. The third-order valence-corrected chi connectivity index (χ3v) is 5.70. The number of rotatable bonds is 6. The van der Waals surface area contributed by atoms with Gasteiger partial charge in [0, 0.05) is 16.9 Å². The van der Waals surface area contributed by atoms with Gasteiger partial charge >= 0.3 is 0 Å². The maximum absolute atomic E-state index is 14.9. The molecule has 1 fully saturated rings. The van der Waals surface area contributed by atoms with Gasteiger partial charge in [0.25, 0.3) is 0 Å². The van der Waals surface area contributed by atoms with Crippen molar-refractivity contribution in [2.75, 3.05) is 0 Å². The Morgan fingerprint density at radius 1 is 1.11 bits per heavy atom. The lowest BCUT2D eigenvalue weighted by Crippen LogP contribution is -2.14. The smallest absolute Gasteiger partial charge is 0.165 e. The number of halogens is 3. The molecule has 1 aliphatic carbocycles. The van der Waals surface area contributed by atoms with Crippen LogP contribution in [0, 0.1) is 17.7 Å². The van der Waals surface area contributed by atoms with Gasteiger partial charge < -0.3 is 0 Å². The van der Waals surface area contributed by atoms with E-state index in [4.69, 9.17) is 0 Å². The van der Waals surface area contributed by atoms with Gasteiger partial charge in [-0.3, -0.25) is 0 Å². The quantitative estimate of drug-likeness (QED) is 0.442. The molecule has 0 radical (unpaired) electrons. The van der Waals surface area contributed by atoms with E-state index in [0.29, 0.717) is 29.5 Å². The van der Waals surface area contributed by atoms with Crippen LogP contribution in [0.15, 0.2) is 61.0 Å². The van der Waals surface area contributed by atoms with Crippen LogP contribution in [0.1, 0.15) is 50.2 Å². The first-order valence-corrected chi connectivity index (χ1v) is 10.1. The molecule has 0 saturated heterocycles. The lowest BCUT2D eigenvalue weighted by Gasteiger charge is -2.26. The SMILES string of the molecule is C=CCCc1ccc2c(F)c(C(F)=C(F)C3CCC(/C=C/C)CC3)ccc2c1. The van der Waals surface area contributed by atoms with E-state index in [9.17, 15) is 13.2 Å². The van der Waals surface area contributed by atoms with Crippen molar-refractivity contribution in [3.8, 4) is 0 Å². The lowest BCUT2D eigenvalue weighted by molar-refractivity contribution is 0.304. The van der Waals surface area contributed by atoms with Crippen LogP contribution in [0.2, 0.25) is 0 Å². The van der Waals surface area contributed by atoms with E-state index in [2.05, 4.69) is 12.7 Å². The number of benzene rings is 2. The van der Waals surface area contributed by atoms with E-state index in [1.807, 2.05) is 31.2 Å². The second kappa shape index (κ2) is 9.27. The average Bonchev–Trinajstić information content (AvgIpc) is 2.72. The Hall–Kier alpha value is -2.29. The van der Waals surface area contributed by atoms with Crippen LogP contribution < -0.4 is 0 Å². The number of aryl methyl sites for hydroxylation is 1. The molecule has 0 aromatic heterocycles. The maximum atomic E-state index is 14.9. The summed E-state index contributed by atoms with van der Waals surface area (Å²) in [5, 5.41) is 1.02. The van der Waals surface area contributed by atoms with Crippen molar-refractivity contribution in [2.24, 2.45) is 11.8 Å². The summed E-state index contributed by atoms with van der Waals surface area (Å²) in [6.07, 6.45) is 10.5. The summed E-state index contributed by atoms with van der Waals surface area (Å²) >= 11 is 0. The standard InChI is InChI=1S/C25H27F3/c1-3-5-7-18-10-14-21-20(16-18)13-15-22(24(21)27)25(28)23(26)19-11-8-17(6-4-2)9-12-19/h3-4,6,10,13-17,19H,1,5,7-9,11-12H2,2H3/b6-4+,25-23?. The first-order chi connectivity index (χ1) is 13.5. The molecule has 3 heteroatoms. The molecule has 28 heavy (non-hydrogen) atoms. The maximum Gasteiger partial charge on any atom is 0.165 e. The minimum Gasteiger partial charge on any atom is -0.208 e. The molecule has 0 nitrogen and oxygen atoms in total. The van der Waals surface area contributed by atoms with Crippen LogP contribution in [0.3, 0.4) is 0 Å². The van der Waals surface area contributed by atoms with Crippen LogP contribution >= 0.6 is 0 Å². The minimum atomic E-state index is -1.05. The minimum absolute atomic E-state index is 0.278. The highest BCUT2D eigenvalue weighted by molar-refractivity contribution is 5.87. The second-order valence-electron chi connectivity index (χ2n) is 7.61. The van der Waals surface area contributed by atoms with Crippen molar-refractivity contribution >= 4 is 16.6 Å². The molecule has 2 aromatic carbocycles. The van der Waals surface area contributed by atoms with Crippen molar-refractivity contribution in [2.45, 2.75) is 45.4 Å². The predicted molar refractivity (Wildman–Crippen MR) is 112 cm³/mol. The zero-order valence-corrected chi connectivity index (χ0v) is 16.4. The Kier molecular flexibility index (Phi) is 6.77. The Labute approximate surface area is 165 Å². The molecule has 0 heterocycles. The Balaban J connectivity index is 1.86. The van der Waals surface area contributed by atoms with Crippen LogP contribution in [0.25, 0.3) is 16.6 Å². The zero-order valence-electron chi connectivity index (χ0n) is 16.4. The molecule has 0 N–H and O–H groups in total. The van der Waals surface area contributed by atoms with Gasteiger partial charge in [-0.25, -0.2) is 13.2 Å². The number of hydrogen-bond donors (Lipinski definition) is 0. The van der Waals surface area contributed by atoms with Crippen molar-refractivity contribution < 1.29 is 13.2 Å². The lowest BCUT2D eigenvalue weighted by atomic mass is 9.81. The fraction of sp³-hybridized carbons (Fsp3) is 0.360. The second-order valence-corrected chi connectivity index (χ2v) is 7.61. The van der Waals surface area contributed by atoms with E-state index >= 15 is 0 Å². The monoisotopic (exact) mass is 384 g/mol. The summed E-state index contributed by atoms with van der Waals surface area (Å²) in [5.74, 6) is -2.57. The highest BCUT2D eigenvalue weighted by atomic mass is 19.2. The third kappa shape index (κ3) is 4.40. The fourth-order valence-electron chi connectivity index (χ4n) is 4.08. The molecule has 2 aromatic rings. The average molecular weight is 384 g/mol. The van der Waals surface area contributed by atoms with Gasteiger partial charge in [-0.2, -0.15) is 0 Å². The van der Waals surface area contributed by atoms with Gasteiger partial charge in [0.1, 0.15) is 11.6 Å². The molecular weight excluding hydrogens is 357 g/mol. The molecule has 0 spiro atoms. The number of fused-ring (bicyclic) bond motifs is 1. The van der Waals surface area contributed by atoms with E-state index in [-0.39, 0.29) is 5.56 Å². The molecule has 3 rings (SSSR count). The number of hydrogen-bond acceptors (Lipinski definition) is 0. The molecule has 1 saturated carbocycles. The molecule has 0 atom stereocenters. The van der Waals surface area contributed by atoms with Crippen molar-refractivity contribution in [3.63, 3.8) is 0 Å². The van der Waals surface area contributed by atoms with Crippen LogP contribution in [0.5, 0.6) is 0 Å². The molecule has 0 bridgehead atoms. The largest absolute Gasteiger partial charge is 0.208 e. The fourth-order valence-corrected chi connectivity index (χ4v) is 4.08. The Morgan fingerprint density at radius 2 is 1.86 bits per heavy atom. The highest BCUT2D eigenvalue weighted by Gasteiger charge is 2.27. The summed E-state index contributed by atoms with van der Waals surface area (Å²) in [6.45, 7) is 5.68. The van der Waals surface area contributed by atoms with Crippen LogP contribution in [-0.2, 0) is 6.42 Å². The van der Waals surface area contributed by atoms with Crippen LogP contribution in [-0.4, -0.2) is 0 Å².